The maximum absolute atomic E-state index is 12.6. The van der Waals surface area contributed by atoms with Crippen LogP contribution in [-0.2, 0) is 11.3 Å². The average molecular weight is 329 g/mol. The van der Waals surface area contributed by atoms with Gasteiger partial charge in [-0.1, -0.05) is 29.5 Å². The van der Waals surface area contributed by atoms with E-state index < -0.39 is 0 Å². The lowest BCUT2D eigenvalue weighted by molar-refractivity contribution is -0.119. The molecular weight excluding hydrogens is 310 g/mol. The summed E-state index contributed by atoms with van der Waals surface area (Å²) in [5.41, 5.74) is 4.05. The number of benzene rings is 1. The van der Waals surface area contributed by atoms with E-state index in [4.69, 9.17) is 0 Å². The van der Waals surface area contributed by atoms with Crippen LogP contribution in [0.15, 0.2) is 34.3 Å². The molecule has 0 saturated carbocycles. The zero-order valence-electron chi connectivity index (χ0n) is 13.4. The quantitative estimate of drug-likeness (QED) is 0.860. The molecule has 0 radical (unpaired) electrons. The number of hydrogen-bond donors (Lipinski definition) is 1. The third-order valence-electron chi connectivity index (χ3n) is 4.01. The molecule has 120 valence electrons. The van der Waals surface area contributed by atoms with Crippen molar-refractivity contribution in [3.8, 4) is 0 Å². The minimum absolute atomic E-state index is 0.0473. The Balaban J connectivity index is 1.81. The summed E-state index contributed by atoms with van der Waals surface area (Å²) < 4.78 is 1.58. The summed E-state index contributed by atoms with van der Waals surface area (Å²) in [6.45, 7) is 6.41. The average Bonchev–Trinajstić information content (AvgIpc) is 2.50. The molecule has 5 nitrogen and oxygen atoms in total. The zero-order chi connectivity index (χ0) is 16.6. The standard InChI is InChI=1S/C17H19N3O2S/c1-10-6-11(2)15(12(3)7-10)19-16(22)13-8-20-14(21)4-5-18-17(20)23-9-13/h4-7,13H,8-9H2,1-3H3,(H,19,22). The van der Waals surface area contributed by atoms with Gasteiger partial charge in [-0.3, -0.25) is 14.2 Å². The van der Waals surface area contributed by atoms with Crippen LogP contribution in [0, 0.1) is 26.7 Å². The number of carbonyl (C=O) groups excluding carboxylic acids is 1. The van der Waals surface area contributed by atoms with Gasteiger partial charge in [0.1, 0.15) is 0 Å². The lowest BCUT2D eigenvalue weighted by atomic mass is 10.0. The van der Waals surface area contributed by atoms with Crippen molar-refractivity contribution in [1.29, 1.82) is 0 Å². The van der Waals surface area contributed by atoms with E-state index in [0.717, 1.165) is 16.8 Å². The summed E-state index contributed by atoms with van der Waals surface area (Å²) in [5, 5.41) is 3.72. The first kappa shape index (κ1) is 15.8. The Kier molecular flexibility index (Phi) is 4.26. The second-order valence-corrected chi connectivity index (χ2v) is 6.93. The van der Waals surface area contributed by atoms with Crippen molar-refractivity contribution in [2.45, 2.75) is 32.5 Å². The minimum Gasteiger partial charge on any atom is -0.325 e. The first-order valence-corrected chi connectivity index (χ1v) is 8.51. The number of amides is 1. The van der Waals surface area contributed by atoms with E-state index in [1.165, 1.54) is 29.6 Å². The molecule has 6 heteroatoms. The number of aromatic nitrogens is 2. The Morgan fingerprint density at radius 1 is 1.30 bits per heavy atom. The molecule has 0 spiro atoms. The van der Waals surface area contributed by atoms with Gasteiger partial charge >= 0.3 is 0 Å². The van der Waals surface area contributed by atoms with Crippen molar-refractivity contribution < 1.29 is 4.79 Å². The molecule has 1 aromatic carbocycles. The Bertz CT molecular complexity index is 806. The monoisotopic (exact) mass is 329 g/mol. The predicted molar refractivity (Wildman–Crippen MR) is 92.0 cm³/mol. The van der Waals surface area contributed by atoms with Crippen LogP contribution in [0.1, 0.15) is 16.7 Å². The van der Waals surface area contributed by atoms with Gasteiger partial charge in [-0.2, -0.15) is 0 Å². The Labute approximate surface area is 139 Å². The van der Waals surface area contributed by atoms with Crippen LogP contribution >= 0.6 is 11.8 Å². The minimum atomic E-state index is -0.241. The summed E-state index contributed by atoms with van der Waals surface area (Å²) in [4.78, 5) is 28.7. The molecule has 1 N–H and O–H groups in total. The fourth-order valence-electron chi connectivity index (χ4n) is 2.91. The summed E-state index contributed by atoms with van der Waals surface area (Å²) in [5.74, 6) is 0.343. The van der Waals surface area contributed by atoms with Gasteiger partial charge in [-0.25, -0.2) is 4.98 Å². The van der Waals surface area contributed by atoms with Crippen LogP contribution in [0.3, 0.4) is 0 Å². The molecule has 0 bridgehead atoms. The van der Waals surface area contributed by atoms with Crippen LogP contribution in [0.5, 0.6) is 0 Å². The van der Waals surface area contributed by atoms with Gasteiger partial charge < -0.3 is 5.32 Å². The molecule has 1 unspecified atom stereocenters. The van der Waals surface area contributed by atoms with Gasteiger partial charge in [0.05, 0.1) is 5.92 Å². The number of fused-ring (bicyclic) bond motifs is 1. The Hall–Kier alpha value is -2.08. The number of nitrogens with one attached hydrogen (secondary N) is 1. The van der Waals surface area contributed by atoms with Crippen LogP contribution in [0.2, 0.25) is 0 Å². The summed E-state index contributed by atoms with van der Waals surface area (Å²) in [7, 11) is 0. The molecule has 1 amide bonds. The number of rotatable bonds is 2. The van der Waals surface area contributed by atoms with Gasteiger partial charge in [0.25, 0.3) is 5.56 Å². The number of nitrogens with zero attached hydrogens (tertiary/aromatic N) is 2. The van der Waals surface area contributed by atoms with Crippen LogP contribution in [0.25, 0.3) is 0 Å². The fourth-order valence-corrected chi connectivity index (χ4v) is 3.97. The van der Waals surface area contributed by atoms with Crippen molar-refractivity contribution in [2.24, 2.45) is 5.92 Å². The first-order chi connectivity index (χ1) is 11.0. The van der Waals surface area contributed by atoms with E-state index in [0.29, 0.717) is 17.5 Å². The molecule has 0 saturated heterocycles. The largest absolute Gasteiger partial charge is 0.325 e. The van der Waals surface area contributed by atoms with Crippen LogP contribution in [0.4, 0.5) is 5.69 Å². The third-order valence-corrected chi connectivity index (χ3v) is 5.16. The van der Waals surface area contributed by atoms with Crippen molar-refractivity contribution in [3.05, 3.63) is 51.4 Å². The third kappa shape index (κ3) is 3.17. The molecule has 2 aromatic rings. The molecule has 1 atom stereocenters. The number of carbonyl (C=O) groups is 1. The topological polar surface area (TPSA) is 64.0 Å². The predicted octanol–water partition coefficient (Wildman–Crippen LogP) is 2.53. The molecule has 1 aromatic heterocycles. The second kappa shape index (κ2) is 6.20. The molecule has 0 aliphatic carbocycles. The molecular formula is C17H19N3O2S. The number of aryl methyl sites for hydroxylation is 3. The van der Waals surface area contributed by atoms with Crippen LogP contribution < -0.4 is 10.9 Å². The normalized spacial score (nSPS) is 16.7. The van der Waals surface area contributed by atoms with Gasteiger partial charge in [-0.05, 0) is 31.9 Å². The summed E-state index contributed by atoms with van der Waals surface area (Å²) in [6.07, 6.45) is 1.51. The van der Waals surface area contributed by atoms with Crippen molar-refractivity contribution in [2.75, 3.05) is 11.1 Å². The fraction of sp³-hybridized carbons (Fsp3) is 0.353. The van der Waals surface area contributed by atoms with Crippen LogP contribution in [-0.4, -0.2) is 21.2 Å². The maximum atomic E-state index is 12.6. The number of hydrogen-bond acceptors (Lipinski definition) is 4. The van der Waals surface area contributed by atoms with E-state index in [-0.39, 0.29) is 17.4 Å². The van der Waals surface area contributed by atoms with E-state index in [1.54, 1.807) is 4.57 Å². The lowest BCUT2D eigenvalue weighted by Gasteiger charge is -2.24. The van der Waals surface area contributed by atoms with Crippen molar-refractivity contribution >= 4 is 23.4 Å². The Morgan fingerprint density at radius 3 is 2.70 bits per heavy atom. The van der Waals surface area contributed by atoms with Gasteiger partial charge in [0.15, 0.2) is 5.16 Å². The van der Waals surface area contributed by atoms with Crippen molar-refractivity contribution in [1.82, 2.24) is 9.55 Å². The highest BCUT2D eigenvalue weighted by Crippen LogP contribution is 2.27. The van der Waals surface area contributed by atoms with E-state index in [2.05, 4.69) is 22.4 Å². The lowest BCUT2D eigenvalue weighted by Crippen LogP contribution is -2.36. The zero-order valence-corrected chi connectivity index (χ0v) is 14.2. The van der Waals surface area contributed by atoms with Gasteiger partial charge in [-0.15, -0.1) is 0 Å². The Morgan fingerprint density at radius 2 is 2.00 bits per heavy atom. The summed E-state index contributed by atoms with van der Waals surface area (Å²) >= 11 is 1.45. The molecule has 0 fully saturated rings. The van der Waals surface area contributed by atoms with E-state index >= 15 is 0 Å². The second-order valence-electron chi connectivity index (χ2n) is 5.95. The highest BCUT2D eigenvalue weighted by molar-refractivity contribution is 7.99. The molecule has 2 heterocycles. The highest BCUT2D eigenvalue weighted by Gasteiger charge is 2.27. The first-order valence-electron chi connectivity index (χ1n) is 7.53. The SMILES string of the molecule is Cc1cc(C)c(NC(=O)C2CSc3nccc(=O)n3C2)c(C)c1. The molecule has 23 heavy (non-hydrogen) atoms. The molecule has 1 aliphatic heterocycles. The molecule has 1 aliphatic rings. The summed E-state index contributed by atoms with van der Waals surface area (Å²) in [6, 6.07) is 5.54. The smallest absolute Gasteiger partial charge is 0.254 e. The van der Waals surface area contributed by atoms with Gasteiger partial charge in [0.2, 0.25) is 5.91 Å². The van der Waals surface area contributed by atoms with Gasteiger partial charge in [0, 0.05) is 30.2 Å². The highest BCUT2D eigenvalue weighted by atomic mass is 32.2. The van der Waals surface area contributed by atoms with Crippen molar-refractivity contribution in [3.63, 3.8) is 0 Å². The molecule has 3 rings (SSSR count). The maximum Gasteiger partial charge on any atom is 0.254 e. The van der Waals surface area contributed by atoms with E-state index in [1.807, 2.05) is 20.8 Å². The number of anilines is 1. The number of thioether (sulfide) groups is 1. The van der Waals surface area contributed by atoms with E-state index in [9.17, 15) is 9.59 Å².